The normalized spacial score (nSPS) is 25.0. The third-order valence-corrected chi connectivity index (χ3v) is 5.47. The Hall–Kier alpha value is -1.85. The smallest absolute Gasteiger partial charge is 0.257 e. The number of nitrogens with zero attached hydrogens (tertiary/aromatic N) is 3. The van der Waals surface area contributed by atoms with Crippen molar-refractivity contribution in [2.75, 3.05) is 13.1 Å². The van der Waals surface area contributed by atoms with Crippen molar-refractivity contribution in [1.29, 1.82) is 0 Å². The number of carbonyl (C=O) groups is 2. The van der Waals surface area contributed by atoms with E-state index >= 15 is 0 Å². The maximum absolute atomic E-state index is 12.8. The number of hydrogen-bond acceptors (Lipinski definition) is 3. The maximum atomic E-state index is 12.8. The third-order valence-electron chi connectivity index (χ3n) is 5.47. The lowest BCUT2D eigenvalue weighted by Gasteiger charge is -2.39. The van der Waals surface area contributed by atoms with Crippen LogP contribution in [0.3, 0.4) is 0 Å². The Morgan fingerprint density at radius 3 is 2.62 bits per heavy atom. The topological polar surface area (TPSA) is 67.2 Å². The fourth-order valence-corrected chi connectivity index (χ4v) is 4.01. The quantitative estimate of drug-likeness (QED) is 0.921. The molecule has 2 aliphatic rings. The van der Waals surface area contributed by atoms with E-state index in [0.29, 0.717) is 24.7 Å². The fraction of sp³-hybridized carbons (Fsp3) is 0.722. The van der Waals surface area contributed by atoms with Gasteiger partial charge in [0.05, 0.1) is 16.7 Å². The number of nitrogens with one attached hydrogen (secondary N) is 1. The lowest BCUT2D eigenvalue weighted by molar-refractivity contribution is -0.133. The number of rotatable bonds is 3. The molecule has 1 N–H and O–H groups in total. The standard InChI is InChI=1S/C18H28N4O2/c1-13-15(11-21(3)20-13)16(23)22-10-6-9-18(2,12-22)17(24)19-14-7-4-5-8-14/h11,14H,4-10,12H2,1-3H3,(H,19,24)/t18-/m0/s1. The summed E-state index contributed by atoms with van der Waals surface area (Å²) in [6.45, 7) is 5.04. The van der Waals surface area contributed by atoms with Crippen LogP contribution in [0.4, 0.5) is 0 Å². The molecule has 0 aromatic carbocycles. The lowest BCUT2D eigenvalue weighted by Crippen LogP contribution is -2.53. The zero-order chi connectivity index (χ0) is 17.3. The molecule has 1 atom stereocenters. The first-order valence-corrected chi connectivity index (χ1v) is 8.99. The highest BCUT2D eigenvalue weighted by Gasteiger charge is 2.40. The van der Waals surface area contributed by atoms with Gasteiger partial charge in [-0.25, -0.2) is 0 Å². The first kappa shape index (κ1) is 17.0. The SMILES string of the molecule is Cc1nn(C)cc1C(=O)N1CCC[C@](C)(C(=O)NC2CCCC2)C1. The van der Waals surface area contributed by atoms with Crippen LogP contribution in [0.15, 0.2) is 6.20 Å². The zero-order valence-corrected chi connectivity index (χ0v) is 15.0. The summed E-state index contributed by atoms with van der Waals surface area (Å²) in [6.07, 6.45) is 8.03. The summed E-state index contributed by atoms with van der Waals surface area (Å²) in [5.41, 5.74) is 0.884. The van der Waals surface area contributed by atoms with Gasteiger partial charge in [-0.1, -0.05) is 12.8 Å². The largest absolute Gasteiger partial charge is 0.353 e. The van der Waals surface area contributed by atoms with Crippen LogP contribution < -0.4 is 5.32 Å². The van der Waals surface area contributed by atoms with Gasteiger partial charge in [0.25, 0.3) is 5.91 Å². The predicted molar refractivity (Wildman–Crippen MR) is 91.6 cm³/mol. The molecule has 0 radical (unpaired) electrons. The molecule has 2 amide bonds. The van der Waals surface area contributed by atoms with E-state index in [1.54, 1.807) is 10.9 Å². The molecular weight excluding hydrogens is 304 g/mol. The summed E-state index contributed by atoms with van der Waals surface area (Å²) in [5, 5.41) is 7.47. The minimum absolute atomic E-state index is 0.0137. The van der Waals surface area contributed by atoms with E-state index in [9.17, 15) is 9.59 Å². The summed E-state index contributed by atoms with van der Waals surface area (Å²) in [7, 11) is 1.82. The van der Waals surface area contributed by atoms with Crippen LogP contribution in [0.2, 0.25) is 0 Å². The number of piperidine rings is 1. The summed E-state index contributed by atoms with van der Waals surface area (Å²) in [6, 6.07) is 0.320. The summed E-state index contributed by atoms with van der Waals surface area (Å²) >= 11 is 0. The molecule has 1 aromatic rings. The van der Waals surface area contributed by atoms with Gasteiger partial charge in [0, 0.05) is 32.4 Å². The van der Waals surface area contributed by atoms with Gasteiger partial charge in [-0.05, 0) is 39.5 Å². The van der Waals surface area contributed by atoms with Crippen LogP contribution in [0.5, 0.6) is 0 Å². The molecule has 1 aromatic heterocycles. The van der Waals surface area contributed by atoms with E-state index in [4.69, 9.17) is 0 Å². The van der Waals surface area contributed by atoms with Crippen LogP contribution in [-0.2, 0) is 11.8 Å². The molecule has 24 heavy (non-hydrogen) atoms. The van der Waals surface area contributed by atoms with Crippen LogP contribution in [0.25, 0.3) is 0 Å². The molecule has 1 saturated carbocycles. The van der Waals surface area contributed by atoms with Gasteiger partial charge >= 0.3 is 0 Å². The zero-order valence-electron chi connectivity index (χ0n) is 15.0. The van der Waals surface area contributed by atoms with E-state index in [1.807, 2.05) is 25.8 Å². The van der Waals surface area contributed by atoms with Gasteiger partial charge in [0.2, 0.25) is 5.91 Å². The van der Waals surface area contributed by atoms with E-state index in [0.717, 1.165) is 31.4 Å². The second kappa shape index (κ2) is 6.57. The maximum Gasteiger partial charge on any atom is 0.257 e. The first-order valence-electron chi connectivity index (χ1n) is 8.99. The van der Waals surface area contributed by atoms with Crippen molar-refractivity contribution in [3.8, 4) is 0 Å². The Kier molecular flexibility index (Phi) is 4.65. The van der Waals surface area contributed by atoms with Crippen LogP contribution in [0.1, 0.15) is 61.5 Å². The molecule has 1 aliphatic carbocycles. The van der Waals surface area contributed by atoms with E-state index in [-0.39, 0.29) is 11.8 Å². The second-order valence-electron chi connectivity index (χ2n) is 7.65. The summed E-state index contributed by atoms with van der Waals surface area (Å²) in [4.78, 5) is 27.4. The number of aromatic nitrogens is 2. The number of aryl methyl sites for hydroxylation is 2. The molecule has 1 saturated heterocycles. The van der Waals surface area contributed by atoms with Crippen LogP contribution in [0, 0.1) is 12.3 Å². The van der Waals surface area contributed by atoms with Crippen LogP contribution in [-0.4, -0.2) is 45.6 Å². The van der Waals surface area contributed by atoms with E-state index in [2.05, 4.69) is 10.4 Å². The molecule has 2 fully saturated rings. The fourth-order valence-electron chi connectivity index (χ4n) is 4.01. The molecule has 0 unspecified atom stereocenters. The van der Waals surface area contributed by atoms with Gasteiger partial charge in [-0.2, -0.15) is 5.10 Å². The highest BCUT2D eigenvalue weighted by molar-refractivity contribution is 5.95. The summed E-state index contributed by atoms with van der Waals surface area (Å²) in [5.74, 6) is 0.0926. The van der Waals surface area contributed by atoms with E-state index < -0.39 is 5.41 Å². The number of carbonyl (C=O) groups excluding carboxylic acids is 2. The molecule has 2 heterocycles. The Bertz CT molecular complexity index is 633. The van der Waals surface area contributed by atoms with E-state index in [1.165, 1.54) is 12.8 Å². The molecule has 0 spiro atoms. The second-order valence-corrected chi connectivity index (χ2v) is 7.65. The Labute approximate surface area is 143 Å². The minimum Gasteiger partial charge on any atom is -0.353 e. The van der Waals surface area contributed by atoms with Crippen molar-refractivity contribution >= 4 is 11.8 Å². The van der Waals surface area contributed by atoms with Gasteiger partial charge in [-0.15, -0.1) is 0 Å². The van der Waals surface area contributed by atoms with Crippen molar-refractivity contribution in [3.05, 3.63) is 17.5 Å². The van der Waals surface area contributed by atoms with Gasteiger partial charge in [0.1, 0.15) is 0 Å². The molecule has 3 rings (SSSR count). The molecule has 0 bridgehead atoms. The monoisotopic (exact) mass is 332 g/mol. The Balaban J connectivity index is 1.69. The highest BCUT2D eigenvalue weighted by atomic mass is 16.2. The molecule has 132 valence electrons. The highest BCUT2D eigenvalue weighted by Crippen LogP contribution is 2.31. The molecule has 1 aliphatic heterocycles. The Morgan fingerprint density at radius 2 is 2.00 bits per heavy atom. The molecule has 6 heteroatoms. The molecular formula is C18H28N4O2. The van der Waals surface area contributed by atoms with Crippen molar-refractivity contribution in [1.82, 2.24) is 20.0 Å². The van der Waals surface area contributed by atoms with Crippen molar-refractivity contribution in [2.45, 2.75) is 58.4 Å². The number of hydrogen-bond donors (Lipinski definition) is 1. The van der Waals surface area contributed by atoms with Crippen molar-refractivity contribution < 1.29 is 9.59 Å². The predicted octanol–water partition coefficient (Wildman–Crippen LogP) is 2.03. The number of likely N-dealkylation sites (tertiary alicyclic amines) is 1. The van der Waals surface area contributed by atoms with Gasteiger partial charge in [-0.3, -0.25) is 14.3 Å². The van der Waals surface area contributed by atoms with Gasteiger partial charge < -0.3 is 10.2 Å². The average Bonchev–Trinajstić information content (AvgIpc) is 3.16. The summed E-state index contributed by atoms with van der Waals surface area (Å²) < 4.78 is 1.67. The number of amides is 2. The van der Waals surface area contributed by atoms with Crippen molar-refractivity contribution in [2.24, 2.45) is 12.5 Å². The van der Waals surface area contributed by atoms with Crippen LogP contribution >= 0.6 is 0 Å². The lowest BCUT2D eigenvalue weighted by atomic mass is 9.80. The molecule has 6 nitrogen and oxygen atoms in total. The first-order chi connectivity index (χ1) is 11.4. The average molecular weight is 332 g/mol. The Morgan fingerprint density at radius 1 is 1.29 bits per heavy atom. The minimum atomic E-state index is -0.493. The third kappa shape index (κ3) is 3.32. The van der Waals surface area contributed by atoms with Gasteiger partial charge in [0.15, 0.2) is 0 Å². The van der Waals surface area contributed by atoms with Crippen molar-refractivity contribution in [3.63, 3.8) is 0 Å².